The number of rotatable bonds is 4. The number of aromatic nitrogens is 1. The van der Waals surface area contributed by atoms with Crippen LogP contribution in [0.5, 0.6) is 0 Å². The summed E-state index contributed by atoms with van der Waals surface area (Å²) in [6.07, 6.45) is 3.75. The Hall–Kier alpha value is -0.490. The van der Waals surface area contributed by atoms with Gasteiger partial charge in [-0.2, -0.15) is 0 Å². The summed E-state index contributed by atoms with van der Waals surface area (Å²) in [4.78, 5) is 4.08. The van der Waals surface area contributed by atoms with Gasteiger partial charge in [0.1, 0.15) is 0 Å². The Morgan fingerprint density at radius 3 is 3.25 bits per heavy atom. The van der Waals surface area contributed by atoms with E-state index in [0.29, 0.717) is 13.2 Å². The number of pyridine rings is 1. The molecule has 5 heteroatoms. The van der Waals surface area contributed by atoms with Gasteiger partial charge in [0.05, 0.1) is 25.9 Å². The summed E-state index contributed by atoms with van der Waals surface area (Å²) in [6.45, 7) is 3.78. The van der Waals surface area contributed by atoms with Crippen LogP contribution in [0.1, 0.15) is 5.56 Å². The van der Waals surface area contributed by atoms with Crippen molar-refractivity contribution in [1.82, 2.24) is 10.3 Å². The molecule has 4 nitrogen and oxygen atoms in total. The summed E-state index contributed by atoms with van der Waals surface area (Å²) in [7, 11) is 0. The molecule has 0 radical (unpaired) electrons. The normalized spacial score (nSPS) is 20.9. The highest BCUT2D eigenvalue weighted by Crippen LogP contribution is 2.10. The average Bonchev–Trinajstić information content (AvgIpc) is 2.30. The summed E-state index contributed by atoms with van der Waals surface area (Å²) >= 11 is 3.38. The lowest BCUT2D eigenvalue weighted by atomic mass is 10.3. The molecule has 16 heavy (non-hydrogen) atoms. The monoisotopic (exact) mass is 286 g/mol. The largest absolute Gasteiger partial charge is 0.374 e. The Kier molecular flexibility index (Phi) is 4.71. The Balaban J connectivity index is 1.71. The molecule has 0 saturated carbocycles. The second-order valence-corrected chi connectivity index (χ2v) is 4.64. The zero-order valence-corrected chi connectivity index (χ0v) is 10.6. The molecule has 1 aliphatic rings. The molecule has 2 heterocycles. The van der Waals surface area contributed by atoms with Crippen molar-refractivity contribution in [2.45, 2.75) is 12.7 Å². The van der Waals surface area contributed by atoms with Crippen LogP contribution >= 0.6 is 15.9 Å². The molecule has 0 aromatic carbocycles. The third-order valence-corrected chi connectivity index (χ3v) is 2.77. The second kappa shape index (κ2) is 6.30. The van der Waals surface area contributed by atoms with E-state index in [1.807, 2.05) is 12.3 Å². The van der Waals surface area contributed by atoms with E-state index >= 15 is 0 Å². The predicted octanol–water partition coefficient (Wildman–Crippen LogP) is 1.35. The molecule has 0 aliphatic carbocycles. The lowest BCUT2D eigenvalue weighted by molar-refractivity contribution is -0.0358. The van der Waals surface area contributed by atoms with Gasteiger partial charge in [-0.3, -0.25) is 4.98 Å². The summed E-state index contributed by atoms with van der Waals surface area (Å²) < 4.78 is 12.1. The lowest BCUT2D eigenvalue weighted by Gasteiger charge is -2.23. The number of hydrogen-bond acceptors (Lipinski definition) is 4. The summed E-state index contributed by atoms with van der Waals surface area (Å²) in [5, 5.41) is 3.27. The fraction of sp³-hybridized carbons (Fsp3) is 0.545. The maximum absolute atomic E-state index is 5.59. The highest BCUT2D eigenvalue weighted by molar-refractivity contribution is 9.10. The fourth-order valence-corrected chi connectivity index (χ4v) is 1.98. The molecular weight excluding hydrogens is 272 g/mol. The lowest BCUT2D eigenvalue weighted by Crippen LogP contribution is -2.40. The van der Waals surface area contributed by atoms with Crippen LogP contribution in [0.4, 0.5) is 0 Å². The quantitative estimate of drug-likeness (QED) is 0.908. The highest BCUT2D eigenvalue weighted by Gasteiger charge is 2.12. The van der Waals surface area contributed by atoms with Crippen molar-refractivity contribution in [3.8, 4) is 0 Å². The topological polar surface area (TPSA) is 43.4 Å². The predicted molar refractivity (Wildman–Crippen MR) is 64.2 cm³/mol. The van der Waals surface area contributed by atoms with E-state index in [9.17, 15) is 0 Å². The van der Waals surface area contributed by atoms with Gasteiger partial charge in [0.25, 0.3) is 0 Å². The first-order valence-electron chi connectivity index (χ1n) is 5.34. The molecule has 0 amide bonds. The maximum Gasteiger partial charge on any atom is 0.0933 e. The molecule has 1 unspecified atom stereocenters. The van der Waals surface area contributed by atoms with E-state index in [4.69, 9.17) is 9.47 Å². The van der Waals surface area contributed by atoms with Crippen LogP contribution in [-0.4, -0.2) is 37.4 Å². The van der Waals surface area contributed by atoms with Crippen molar-refractivity contribution in [1.29, 1.82) is 0 Å². The molecule has 2 rings (SSSR count). The molecule has 0 bridgehead atoms. The Morgan fingerprint density at radius 2 is 2.50 bits per heavy atom. The third kappa shape index (κ3) is 3.83. The molecule has 1 aromatic rings. The van der Waals surface area contributed by atoms with Crippen molar-refractivity contribution < 1.29 is 9.47 Å². The molecule has 0 spiro atoms. The smallest absolute Gasteiger partial charge is 0.0933 e. The van der Waals surface area contributed by atoms with E-state index in [1.165, 1.54) is 0 Å². The molecule has 1 fully saturated rings. The summed E-state index contributed by atoms with van der Waals surface area (Å²) in [5.41, 5.74) is 1.07. The van der Waals surface area contributed by atoms with Gasteiger partial charge in [-0.1, -0.05) is 0 Å². The van der Waals surface area contributed by atoms with Gasteiger partial charge in [0, 0.05) is 30.0 Å². The van der Waals surface area contributed by atoms with E-state index in [-0.39, 0.29) is 6.10 Å². The maximum atomic E-state index is 5.59. The van der Waals surface area contributed by atoms with Gasteiger partial charge >= 0.3 is 0 Å². The minimum atomic E-state index is 0.175. The fourth-order valence-electron chi connectivity index (χ4n) is 1.57. The number of morpholine rings is 1. The minimum absolute atomic E-state index is 0.175. The van der Waals surface area contributed by atoms with Crippen LogP contribution < -0.4 is 5.32 Å². The average molecular weight is 287 g/mol. The number of halogens is 1. The van der Waals surface area contributed by atoms with Crippen LogP contribution in [-0.2, 0) is 16.1 Å². The molecule has 1 aromatic heterocycles. The number of hydrogen-bond donors (Lipinski definition) is 1. The molecule has 1 atom stereocenters. The van der Waals surface area contributed by atoms with Crippen molar-refractivity contribution in [2.75, 3.05) is 26.3 Å². The van der Waals surface area contributed by atoms with Crippen LogP contribution in [0.15, 0.2) is 22.9 Å². The molecule has 1 N–H and O–H groups in total. The van der Waals surface area contributed by atoms with E-state index in [1.54, 1.807) is 6.20 Å². The van der Waals surface area contributed by atoms with Crippen LogP contribution in [0.25, 0.3) is 0 Å². The van der Waals surface area contributed by atoms with Gasteiger partial charge in [-0.25, -0.2) is 0 Å². The van der Waals surface area contributed by atoms with E-state index < -0.39 is 0 Å². The zero-order chi connectivity index (χ0) is 11.2. The first-order chi connectivity index (χ1) is 7.84. The highest BCUT2D eigenvalue weighted by atomic mass is 79.9. The molecule has 1 aliphatic heterocycles. The summed E-state index contributed by atoms with van der Waals surface area (Å²) in [5.74, 6) is 0. The van der Waals surface area contributed by atoms with Gasteiger partial charge < -0.3 is 14.8 Å². The van der Waals surface area contributed by atoms with Gasteiger partial charge in [0.15, 0.2) is 0 Å². The number of nitrogens with one attached hydrogen (secondary N) is 1. The summed E-state index contributed by atoms with van der Waals surface area (Å²) in [6, 6.07) is 2.01. The van der Waals surface area contributed by atoms with Crippen molar-refractivity contribution in [3.05, 3.63) is 28.5 Å². The zero-order valence-electron chi connectivity index (χ0n) is 8.99. The van der Waals surface area contributed by atoms with Gasteiger partial charge in [-0.15, -0.1) is 0 Å². The standard InChI is InChI=1S/C11H15BrN2O2/c12-10-3-9(4-14-5-10)7-15-8-11-6-13-1-2-16-11/h3-5,11,13H,1-2,6-8H2. The van der Waals surface area contributed by atoms with Crippen molar-refractivity contribution in [2.24, 2.45) is 0 Å². The van der Waals surface area contributed by atoms with E-state index in [2.05, 4.69) is 26.2 Å². The number of ether oxygens (including phenoxy) is 2. The van der Waals surface area contributed by atoms with Crippen LogP contribution in [0.3, 0.4) is 0 Å². The Bertz CT molecular complexity index is 330. The molecule has 88 valence electrons. The SMILES string of the molecule is Brc1cncc(COCC2CNCCO2)c1. The minimum Gasteiger partial charge on any atom is -0.374 e. The van der Waals surface area contributed by atoms with Gasteiger partial charge in [-0.05, 0) is 27.6 Å². The van der Waals surface area contributed by atoms with Crippen molar-refractivity contribution in [3.63, 3.8) is 0 Å². The molecular formula is C11H15BrN2O2. The van der Waals surface area contributed by atoms with Gasteiger partial charge in [0.2, 0.25) is 0 Å². The third-order valence-electron chi connectivity index (χ3n) is 2.34. The first-order valence-corrected chi connectivity index (χ1v) is 6.13. The molecule has 1 saturated heterocycles. The van der Waals surface area contributed by atoms with E-state index in [0.717, 1.165) is 29.7 Å². The first kappa shape index (κ1) is 12.0. The van der Waals surface area contributed by atoms with Crippen molar-refractivity contribution >= 4 is 15.9 Å². The Morgan fingerprint density at radius 1 is 1.56 bits per heavy atom. The second-order valence-electron chi connectivity index (χ2n) is 3.72. The van der Waals surface area contributed by atoms with Crippen LogP contribution in [0.2, 0.25) is 0 Å². The van der Waals surface area contributed by atoms with Crippen LogP contribution in [0, 0.1) is 0 Å². The Labute approximate surface area is 103 Å². The number of nitrogens with zero attached hydrogens (tertiary/aromatic N) is 1.